The fourth-order valence-electron chi connectivity index (χ4n) is 10.1. The highest BCUT2D eigenvalue weighted by molar-refractivity contribution is 5.97. The monoisotopic (exact) mass is 920 g/mol. The standard InChI is InChI=1S/C52H66FN7O7/c1-11-43(61)58-28-32(5)52(53,29-58)50(65)57(9)45(31(3)4)47(62)55-41-25-34-16-13-17-35(24-34)36-20-21-42-38(26-36)39(46(59(42)12-2)37-18-14-22-54-44(37)33(6)66-10)27-51(7,8)30-67-49(64)40-19-15-23-60(56-40)48(41)63/h11,13-14,16-18,20-22,24,26,31-33,40-41,45,56H,1,12,15,19,23,25,27-30H2,2-10H3,(H,55,62)/t32-,33-,40-,41-,45?,52-/m0/s1. The molecule has 2 N–H and O–H groups in total. The number of aromatic nitrogens is 2. The van der Waals surface area contributed by atoms with E-state index < -0.39 is 77.2 Å². The van der Waals surface area contributed by atoms with E-state index in [2.05, 4.69) is 66.9 Å². The molecule has 5 heterocycles. The minimum atomic E-state index is -2.44. The van der Waals surface area contributed by atoms with Crippen molar-refractivity contribution in [1.82, 2.24) is 35.1 Å². The molecule has 6 bridgehead atoms. The molecule has 6 atom stereocenters. The first-order valence-corrected chi connectivity index (χ1v) is 23.5. The average Bonchev–Trinajstić information content (AvgIpc) is 3.80. The Bertz CT molecular complexity index is 2560. The average molecular weight is 920 g/mol. The first-order valence-electron chi connectivity index (χ1n) is 23.5. The summed E-state index contributed by atoms with van der Waals surface area (Å²) in [5.41, 5.74) is 7.70. The van der Waals surface area contributed by atoms with Gasteiger partial charge in [0, 0.05) is 74.2 Å². The number of alkyl halides is 1. The maximum atomic E-state index is 16.7. The molecule has 0 spiro atoms. The van der Waals surface area contributed by atoms with Gasteiger partial charge >= 0.3 is 5.97 Å². The highest BCUT2D eigenvalue weighted by Gasteiger charge is 2.54. The van der Waals surface area contributed by atoms with Gasteiger partial charge in [-0.1, -0.05) is 71.5 Å². The van der Waals surface area contributed by atoms with E-state index in [1.807, 2.05) is 37.3 Å². The van der Waals surface area contributed by atoms with Crippen LogP contribution in [0.25, 0.3) is 33.3 Å². The second kappa shape index (κ2) is 19.7. The molecule has 0 radical (unpaired) electrons. The third kappa shape index (κ3) is 9.76. The number of hydrogen-bond donors (Lipinski definition) is 2. The largest absolute Gasteiger partial charge is 0.464 e. The van der Waals surface area contributed by atoms with Gasteiger partial charge in [-0.2, -0.15) is 0 Å². The van der Waals surface area contributed by atoms with Crippen molar-refractivity contribution in [3.63, 3.8) is 0 Å². The van der Waals surface area contributed by atoms with E-state index in [-0.39, 0.29) is 32.2 Å². The van der Waals surface area contributed by atoms with Crippen LogP contribution in [0.15, 0.2) is 73.4 Å². The number of pyridine rings is 1. The number of esters is 1. The molecule has 2 aromatic heterocycles. The Kier molecular flexibility index (Phi) is 14.4. The number of aryl methyl sites for hydroxylation is 1. The topological polar surface area (TPSA) is 155 Å². The van der Waals surface area contributed by atoms with Gasteiger partial charge in [-0.3, -0.25) is 34.0 Å². The predicted octanol–water partition coefficient (Wildman–Crippen LogP) is 6.60. The lowest BCUT2D eigenvalue weighted by atomic mass is 9.84. The molecule has 2 saturated heterocycles. The molecule has 358 valence electrons. The second-order valence-electron chi connectivity index (χ2n) is 19.6. The third-order valence-corrected chi connectivity index (χ3v) is 13.8. The fraction of sp³-hybridized carbons (Fsp3) is 0.500. The predicted molar refractivity (Wildman–Crippen MR) is 255 cm³/mol. The van der Waals surface area contributed by atoms with Crippen LogP contribution < -0.4 is 10.7 Å². The van der Waals surface area contributed by atoms with E-state index in [0.717, 1.165) is 61.1 Å². The van der Waals surface area contributed by atoms with Crippen molar-refractivity contribution < 1.29 is 37.8 Å². The van der Waals surface area contributed by atoms with Crippen molar-refractivity contribution in [3.05, 3.63) is 90.3 Å². The molecule has 3 aliphatic rings. The van der Waals surface area contributed by atoms with E-state index in [4.69, 9.17) is 14.5 Å². The molecule has 14 nitrogen and oxygen atoms in total. The Hall–Kier alpha value is -5.93. The van der Waals surface area contributed by atoms with Gasteiger partial charge < -0.3 is 29.2 Å². The number of fused-ring (bicyclic) bond motifs is 6. The van der Waals surface area contributed by atoms with Crippen molar-refractivity contribution >= 4 is 40.5 Å². The van der Waals surface area contributed by atoms with Crippen molar-refractivity contribution in [2.45, 2.75) is 111 Å². The number of carbonyl (C=O) groups is 5. The minimum Gasteiger partial charge on any atom is -0.464 e. The second-order valence-corrected chi connectivity index (χ2v) is 19.6. The summed E-state index contributed by atoms with van der Waals surface area (Å²) in [5, 5.41) is 5.39. The molecule has 3 aliphatic heterocycles. The number of amides is 4. The maximum absolute atomic E-state index is 16.7. The molecule has 15 heteroatoms. The van der Waals surface area contributed by atoms with Gasteiger partial charge in [0.05, 0.1) is 30.6 Å². The molecule has 4 amide bonds. The highest BCUT2D eigenvalue weighted by atomic mass is 19.1. The number of methoxy groups -OCH3 is 1. The molecule has 0 aliphatic carbocycles. The number of nitrogens with zero attached hydrogens (tertiary/aromatic N) is 5. The van der Waals surface area contributed by atoms with Crippen LogP contribution in [0.1, 0.15) is 84.2 Å². The molecule has 2 aromatic carbocycles. The van der Waals surface area contributed by atoms with Crippen molar-refractivity contribution in [2.75, 3.05) is 40.4 Å². The first-order chi connectivity index (χ1) is 31.8. The molecule has 7 rings (SSSR count). The first kappa shape index (κ1) is 49.0. The quantitative estimate of drug-likeness (QED) is 0.132. The number of halogens is 1. The smallest absolute Gasteiger partial charge is 0.324 e. The van der Waals surface area contributed by atoms with Crippen LogP contribution in [0.3, 0.4) is 0 Å². The van der Waals surface area contributed by atoms with Crippen LogP contribution in [0, 0.1) is 17.3 Å². The van der Waals surface area contributed by atoms with E-state index in [9.17, 15) is 24.0 Å². The molecule has 4 aromatic rings. The van der Waals surface area contributed by atoms with Gasteiger partial charge in [-0.15, -0.1) is 0 Å². The molecule has 67 heavy (non-hydrogen) atoms. The number of cyclic esters (lactones) is 1. The summed E-state index contributed by atoms with van der Waals surface area (Å²) in [6.07, 6.45) is 4.16. The van der Waals surface area contributed by atoms with Crippen molar-refractivity contribution in [3.8, 4) is 22.4 Å². The Morgan fingerprint density at radius 2 is 1.85 bits per heavy atom. The number of hydrazine groups is 1. The van der Waals surface area contributed by atoms with Gasteiger partial charge in [-0.05, 0) is 91.6 Å². The summed E-state index contributed by atoms with van der Waals surface area (Å²) < 4.78 is 30.9. The lowest BCUT2D eigenvalue weighted by Gasteiger charge is -2.37. The molecular formula is C52H66FN7O7. The van der Waals surface area contributed by atoms with Crippen LogP contribution in [0.4, 0.5) is 4.39 Å². The van der Waals surface area contributed by atoms with E-state index in [1.54, 1.807) is 34.1 Å². The third-order valence-electron chi connectivity index (χ3n) is 13.8. The Labute approximate surface area is 393 Å². The summed E-state index contributed by atoms with van der Waals surface area (Å²) in [7, 11) is 3.06. The Morgan fingerprint density at radius 3 is 2.55 bits per heavy atom. The van der Waals surface area contributed by atoms with E-state index in [1.165, 1.54) is 17.0 Å². The lowest BCUT2D eigenvalue weighted by molar-refractivity contribution is -0.155. The number of benzene rings is 2. The van der Waals surface area contributed by atoms with Crippen molar-refractivity contribution in [2.24, 2.45) is 17.3 Å². The number of nitrogens with one attached hydrogen (secondary N) is 2. The molecule has 1 unspecified atom stereocenters. The van der Waals surface area contributed by atoms with Crippen LogP contribution in [0.2, 0.25) is 0 Å². The number of likely N-dealkylation sites (tertiary alicyclic amines) is 1. The van der Waals surface area contributed by atoms with Gasteiger partial charge in [-0.25, -0.2) is 9.82 Å². The zero-order valence-electron chi connectivity index (χ0n) is 40.4. The maximum Gasteiger partial charge on any atom is 0.324 e. The van der Waals surface area contributed by atoms with E-state index in [0.29, 0.717) is 25.8 Å². The summed E-state index contributed by atoms with van der Waals surface area (Å²) in [6.45, 7) is 17.5. The summed E-state index contributed by atoms with van der Waals surface area (Å²) in [6, 6.07) is 15.1. The molecular weight excluding hydrogens is 854 g/mol. The Morgan fingerprint density at radius 1 is 1.10 bits per heavy atom. The van der Waals surface area contributed by atoms with Crippen LogP contribution in [-0.2, 0) is 52.8 Å². The van der Waals surface area contributed by atoms with E-state index >= 15 is 4.39 Å². The summed E-state index contributed by atoms with van der Waals surface area (Å²) in [4.78, 5) is 76.8. The zero-order chi connectivity index (χ0) is 48.5. The molecule has 0 saturated carbocycles. The Balaban J connectivity index is 1.30. The zero-order valence-corrected chi connectivity index (χ0v) is 40.4. The SMILES string of the molecule is C=CC(=O)N1C[C@H](C)[C@](F)(C(=O)N(C)C(C(=O)N[C@H]2Cc3cccc(c3)-c3ccc4c(c3)c(c(-c3cccnc3[C@H](C)OC)n4CC)CC(C)(C)COC(=O)[C@@H]3CCCN(N3)C2=O)C(C)C)C1. The summed E-state index contributed by atoms with van der Waals surface area (Å²) in [5.74, 6) is -4.35. The lowest BCUT2D eigenvalue weighted by Crippen LogP contribution is -2.63. The van der Waals surface area contributed by atoms with Crippen LogP contribution >= 0.6 is 0 Å². The number of likely N-dealkylation sites (N-methyl/N-ethyl adjacent to an activating group) is 1. The van der Waals surface area contributed by atoms with Crippen LogP contribution in [-0.4, -0.2) is 118 Å². The highest BCUT2D eigenvalue weighted by Crippen LogP contribution is 2.42. The summed E-state index contributed by atoms with van der Waals surface area (Å²) >= 11 is 0. The van der Waals surface area contributed by atoms with Gasteiger partial charge in [0.1, 0.15) is 18.1 Å². The number of rotatable bonds is 10. The van der Waals surface area contributed by atoms with Gasteiger partial charge in [0.15, 0.2) is 0 Å². The number of hydrogen-bond acceptors (Lipinski definition) is 9. The van der Waals surface area contributed by atoms with Crippen LogP contribution in [0.5, 0.6) is 0 Å². The van der Waals surface area contributed by atoms with Gasteiger partial charge in [0.2, 0.25) is 17.5 Å². The van der Waals surface area contributed by atoms with Gasteiger partial charge in [0.25, 0.3) is 11.8 Å². The number of ether oxygens (including phenoxy) is 2. The fourth-order valence-corrected chi connectivity index (χ4v) is 10.1. The number of carbonyl (C=O) groups excluding carboxylic acids is 5. The van der Waals surface area contributed by atoms with Crippen molar-refractivity contribution in [1.29, 1.82) is 0 Å². The minimum absolute atomic E-state index is 0.0201. The molecule has 2 fully saturated rings. The normalized spacial score (nSPS) is 23.1.